The molecule has 0 radical (unpaired) electrons. The molecule has 0 fully saturated rings. The van der Waals surface area contributed by atoms with Gasteiger partial charge in [0, 0.05) is 0 Å². The van der Waals surface area contributed by atoms with E-state index in [-0.39, 0.29) is 30.0 Å². The number of rotatable bonds is 5. The Bertz CT molecular complexity index is 206. The van der Waals surface area contributed by atoms with Crippen LogP contribution in [-0.4, -0.2) is 76.1 Å². The summed E-state index contributed by atoms with van der Waals surface area (Å²) >= 11 is 0.113. The minimum absolute atomic E-state index is 0.113. The average Bonchev–Trinajstić information content (AvgIpc) is 2.22. The Morgan fingerprint density at radius 1 is 1.21 bits per heavy atom. The summed E-state index contributed by atoms with van der Waals surface area (Å²) in [5.41, 5.74) is 0. The van der Waals surface area contributed by atoms with Crippen molar-refractivity contribution < 1.29 is 32.7 Å². The van der Waals surface area contributed by atoms with Crippen LogP contribution >= 0.6 is 0 Å². The SMILES string of the molecule is O=C([O][SbH2])C(O)C(O)C(=O)OCCO. The van der Waals surface area contributed by atoms with Crippen molar-refractivity contribution in [2.45, 2.75) is 12.2 Å². The Hall–Kier alpha value is -0.362. The molecule has 82 valence electrons. The Morgan fingerprint density at radius 2 is 1.71 bits per heavy atom. The van der Waals surface area contributed by atoms with Crippen LogP contribution in [0.15, 0.2) is 0 Å². The molecule has 3 N–H and O–H groups in total. The quantitative estimate of drug-likeness (QED) is 0.354. The van der Waals surface area contributed by atoms with Gasteiger partial charge in [-0.15, -0.1) is 0 Å². The molecule has 0 aromatic carbocycles. The van der Waals surface area contributed by atoms with Gasteiger partial charge in [0.25, 0.3) is 0 Å². The van der Waals surface area contributed by atoms with Crippen LogP contribution in [0, 0.1) is 0 Å². The van der Waals surface area contributed by atoms with Crippen LogP contribution in [0.5, 0.6) is 0 Å². The van der Waals surface area contributed by atoms with E-state index in [9.17, 15) is 9.59 Å². The van der Waals surface area contributed by atoms with E-state index in [1.165, 1.54) is 0 Å². The molecule has 0 aliphatic carbocycles. The van der Waals surface area contributed by atoms with Crippen molar-refractivity contribution in [1.29, 1.82) is 0 Å². The second-order valence-electron chi connectivity index (χ2n) is 2.22. The number of aliphatic hydroxyl groups excluding tert-OH is 3. The second-order valence-corrected chi connectivity index (χ2v) is 2.89. The van der Waals surface area contributed by atoms with E-state index in [1.54, 1.807) is 0 Å². The Labute approximate surface area is 93.7 Å². The van der Waals surface area contributed by atoms with Gasteiger partial charge in [0.2, 0.25) is 0 Å². The van der Waals surface area contributed by atoms with Crippen molar-refractivity contribution in [3.63, 3.8) is 0 Å². The first-order chi connectivity index (χ1) is 6.54. The van der Waals surface area contributed by atoms with E-state index in [0.717, 1.165) is 0 Å². The predicted molar refractivity (Wildman–Crippen MR) is 44.7 cm³/mol. The van der Waals surface area contributed by atoms with Crippen LogP contribution in [-0.2, 0) is 17.3 Å². The van der Waals surface area contributed by atoms with E-state index in [1.807, 2.05) is 0 Å². The fourth-order valence-electron chi connectivity index (χ4n) is 0.559. The molecule has 0 amide bonds. The first-order valence-electron chi connectivity index (χ1n) is 3.58. The van der Waals surface area contributed by atoms with E-state index in [2.05, 4.69) is 7.75 Å². The van der Waals surface area contributed by atoms with Gasteiger partial charge in [-0.25, -0.2) is 0 Å². The normalized spacial score (nSPS) is 14.3. The Kier molecular flexibility index (Phi) is 6.82. The molecule has 7 nitrogen and oxygen atoms in total. The predicted octanol–water partition coefficient (Wildman–Crippen LogP) is -3.67. The maximum atomic E-state index is 10.8. The van der Waals surface area contributed by atoms with Crippen molar-refractivity contribution in [2.24, 2.45) is 0 Å². The fourth-order valence-corrected chi connectivity index (χ4v) is 0.957. The van der Waals surface area contributed by atoms with Crippen molar-refractivity contribution in [2.75, 3.05) is 13.2 Å². The molecule has 2 atom stereocenters. The molecule has 0 aromatic rings. The van der Waals surface area contributed by atoms with E-state index in [4.69, 9.17) is 15.3 Å². The van der Waals surface area contributed by atoms with Gasteiger partial charge in [-0.1, -0.05) is 0 Å². The zero-order valence-electron chi connectivity index (χ0n) is 7.12. The van der Waals surface area contributed by atoms with Crippen molar-refractivity contribution in [3.8, 4) is 0 Å². The van der Waals surface area contributed by atoms with Crippen molar-refractivity contribution in [1.82, 2.24) is 0 Å². The molecule has 0 bridgehead atoms. The van der Waals surface area contributed by atoms with Gasteiger partial charge in [-0.3, -0.25) is 0 Å². The Morgan fingerprint density at radius 3 is 2.14 bits per heavy atom. The van der Waals surface area contributed by atoms with E-state index < -0.39 is 30.8 Å². The Balaban J connectivity index is 4.10. The summed E-state index contributed by atoms with van der Waals surface area (Å²) in [6, 6.07) is 0. The van der Waals surface area contributed by atoms with E-state index >= 15 is 0 Å². The molecule has 0 saturated carbocycles. The molecule has 0 saturated heterocycles. The van der Waals surface area contributed by atoms with Gasteiger partial charge in [-0.2, -0.15) is 0 Å². The van der Waals surface area contributed by atoms with Crippen LogP contribution in [0.25, 0.3) is 0 Å². The second kappa shape index (κ2) is 7.00. The number of ether oxygens (including phenoxy) is 1. The van der Waals surface area contributed by atoms with Gasteiger partial charge in [0.15, 0.2) is 0 Å². The molecular formula is C6H11O7Sb. The van der Waals surface area contributed by atoms with Gasteiger partial charge in [-0.05, 0) is 0 Å². The monoisotopic (exact) mass is 316 g/mol. The molecule has 2 unspecified atom stereocenters. The first kappa shape index (κ1) is 13.6. The first-order valence-corrected chi connectivity index (χ1v) is 4.93. The fraction of sp³-hybridized carbons (Fsp3) is 0.667. The third kappa shape index (κ3) is 4.23. The van der Waals surface area contributed by atoms with Gasteiger partial charge < -0.3 is 0 Å². The van der Waals surface area contributed by atoms with Crippen LogP contribution in [0.4, 0.5) is 0 Å². The third-order valence-electron chi connectivity index (χ3n) is 1.23. The molecule has 0 heterocycles. The topological polar surface area (TPSA) is 113 Å². The summed E-state index contributed by atoms with van der Waals surface area (Å²) < 4.78 is 8.48. The molecule has 0 spiro atoms. The van der Waals surface area contributed by atoms with Crippen molar-refractivity contribution >= 4 is 35.4 Å². The summed E-state index contributed by atoms with van der Waals surface area (Å²) in [7, 11) is 0. The average molecular weight is 317 g/mol. The van der Waals surface area contributed by atoms with Crippen LogP contribution in [0.2, 0.25) is 0 Å². The zero-order chi connectivity index (χ0) is 11.1. The number of hydrogen-bond donors (Lipinski definition) is 3. The summed E-state index contributed by atoms with van der Waals surface area (Å²) in [6.07, 6.45) is -3.93. The summed E-state index contributed by atoms with van der Waals surface area (Å²) in [5.74, 6) is -2.27. The summed E-state index contributed by atoms with van der Waals surface area (Å²) in [6.45, 7) is -0.711. The molecule has 14 heavy (non-hydrogen) atoms. The summed E-state index contributed by atoms with van der Waals surface area (Å²) in [4.78, 5) is 21.5. The zero-order valence-corrected chi connectivity index (χ0v) is 10.4. The van der Waals surface area contributed by atoms with Gasteiger partial charge in [0.05, 0.1) is 0 Å². The minimum atomic E-state index is -1.98. The number of aliphatic hydroxyl groups is 3. The van der Waals surface area contributed by atoms with E-state index in [0.29, 0.717) is 0 Å². The number of esters is 1. The number of carbonyl (C=O) groups excluding carboxylic acids is 2. The molecule has 0 rings (SSSR count). The van der Waals surface area contributed by atoms with Gasteiger partial charge >= 0.3 is 93.5 Å². The molecule has 0 aliphatic heterocycles. The number of hydrogen-bond acceptors (Lipinski definition) is 7. The maximum absolute atomic E-state index is 10.8. The van der Waals surface area contributed by atoms with Crippen LogP contribution < -0.4 is 0 Å². The molecule has 8 heteroatoms. The number of carbonyl (C=O) groups is 2. The molecule has 0 aromatic heterocycles. The molecule has 0 aliphatic rings. The van der Waals surface area contributed by atoms with Crippen molar-refractivity contribution in [3.05, 3.63) is 0 Å². The van der Waals surface area contributed by atoms with Gasteiger partial charge in [0.1, 0.15) is 0 Å². The third-order valence-corrected chi connectivity index (χ3v) is 1.90. The summed E-state index contributed by atoms with van der Waals surface area (Å²) in [5, 5.41) is 26.3. The van der Waals surface area contributed by atoms with Crippen LogP contribution in [0.1, 0.15) is 0 Å². The van der Waals surface area contributed by atoms with Crippen LogP contribution in [0.3, 0.4) is 0 Å². The standard InChI is InChI=1S/C6H10O7.Sb.2H/c7-1-2-13-6(12)4(9)3(8)5(10)11;;;/h3-4,7-9H,1-2H2,(H,10,11);;;/q;+1;;/p-1. The molecular weight excluding hydrogens is 306 g/mol.